The Labute approximate surface area is 160 Å². The molecule has 2 aromatic rings. The minimum absolute atomic E-state index is 0.121. The van der Waals surface area contributed by atoms with E-state index in [1.54, 1.807) is 12.1 Å². The van der Waals surface area contributed by atoms with E-state index in [-0.39, 0.29) is 5.78 Å². The number of ketones is 1. The molecule has 0 saturated carbocycles. The fourth-order valence-electron chi connectivity index (χ4n) is 3.21. The first-order valence-corrected chi connectivity index (χ1v) is 9.61. The number of nitrogens with zero attached hydrogens (tertiary/aromatic N) is 3. The largest absolute Gasteiger partial charge is 0.491 e. The van der Waals surface area contributed by atoms with Gasteiger partial charge in [0.1, 0.15) is 11.6 Å². The Morgan fingerprint density at radius 3 is 2.67 bits per heavy atom. The first-order valence-electron chi connectivity index (χ1n) is 9.61. The lowest BCUT2D eigenvalue weighted by molar-refractivity contribution is 0.0962. The van der Waals surface area contributed by atoms with Gasteiger partial charge in [0.2, 0.25) is 0 Å². The van der Waals surface area contributed by atoms with Crippen LogP contribution in [-0.2, 0) is 0 Å². The van der Waals surface area contributed by atoms with Crippen molar-refractivity contribution in [3.63, 3.8) is 0 Å². The number of Topliss-reactive ketones (excluding diaryl/α,β-unsaturated/α-hetero) is 1. The number of carbonyl (C=O) groups is 1. The van der Waals surface area contributed by atoms with Crippen LogP contribution < -0.4 is 15.4 Å². The molecule has 0 atom stereocenters. The van der Waals surface area contributed by atoms with Crippen LogP contribution in [-0.4, -0.2) is 55.0 Å². The number of aromatic nitrogens is 1. The number of pyridine rings is 1. The second-order valence-electron chi connectivity index (χ2n) is 6.79. The van der Waals surface area contributed by atoms with Crippen LogP contribution in [0.25, 0.3) is 0 Å². The Bertz CT molecular complexity index is 743. The molecule has 1 aliphatic rings. The molecule has 2 N–H and O–H groups in total. The maximum atomic E-state index is 12.5. The average Bonchev–Trinajstić information content (AvgIpc) is 2.72. The molecular weight excluding hydrogens is 340 g/mol. The number of hydrogen-bond donors (Lipinski definition) is 1. The van der Waals surface area contributed by atoms with Crippen molar-refractivity contribution in [2.75, 3.05) is 50.0 Å². The number of piperazine rings is 1. The highest BCUT2D eigenvalue weighted by Gasteiger charge is 2.19. The van der Waals surface area contributed by atoms with E-state index in [9.17, 15) is 4.79 Å². The molecule has 2 heterocycles. The van der Waals surface area contributed by atoms with Crippen LogP contribution >= 0.6 is 0 Å². The number of anilines is 2. The molecule has 3 rings (SSSR count). The highest BCUT2D eigenvalue weighted by Crippen LogP contribution is 2.23. The zero-order valence-electron chi connectivity index (χ0n) is 15.9. The fraction of sp³-hybridized carbons (Fsp3) is 0.429. The molecule has 0 spiro atoms. The number of hydrogen-bond acceptors (Lipinski definition) is 6. The van der Waals surface area contributed by atoms with Gasteiger partial charge < -0.3 is 15.4 Å². The zero-order chi connectivity index (χ0) is 19.1. The van der Waals surface area contributed by atoms with Crippen molar-refractivity contribution in [1.29, 1.82) is 0 Å². The van der Waals surface area contributed by atoms with Gasteiger partial charge in [0.15, 0.2) is 5.78 Å². The Kier molecular flexibility index (Phi) is 6.65. The molecule has 1 aromatic carbocycles. The SMILES string of the molecule is CCCOc1ccc(C(=O)CCN2CCN(c3ccccn3)CC2)cc1N. The summed E-state index contributed by atoms with van der Waals surface area (Å²) < 4.78 is 5.57. The van der Waals surface area contributed by atoms with E-state index >= 15 is 0 Å². The predicted octanol–water partition coefficient (Wildman–Crippen LogP) is 2.85. The number of nitrogen functional groups attached to an aromatic ring is 1. The summed E-state index contributed by atoms with van der Waals surface area (Å²) >= 11 is 0. The van der Waals surface area contributed by atoms with Crippen LogP contribution in [0.4, 0.5) is 11.5 Å². The Morgan fingerprint density at radius 2 is 2.00 bits per heavy atom. The number of rotatable bonds is 8. The third-order valence-corrected chi connectivity index (χ3v) is 4.79. The lowest BCUT2D eigenvalue weighted by Crippen LogP contribution is -2.47. The van der Waals surface area contributed by atoms with E-state index in [1.807, 2.05) is 37.4 Å². The maximum absolute atomic E-state index is 12.5. The first-order chi connectivity index (χ1) is 13.2. The van der Waals surface area contributed by atoms with Gasteiger partial charge in [0.25, 0.3) is 0 Å². The molecule has 0 radical (unpaired) electrons. The lowest BCUT2D eigenvalue weighted by Gasteiger charge is -2.35. The molecule has 1 fully saturated rings. The smallest absolute Gasteiger partial charge is 0.164 e. The molecule has 0 bridgehead atoms. The van der Waals surface area contributed by atoms with E-state index in [0.29, 0.717) is 30.0 Å². The summed E-state index contributed by atoms with van der Waals surface area (Å²) in [5.74, 6) is 1.80. The van der Waals surface area contributed by atoms with E-state index in [0.717, 1.165) is 45.0 Å². The van der Waals surface area contributed by atoms with Gasteiger partial charge in [0, 0.05) is 50.9 Å². The first kappa shape index (κ1) is 19.2. The summed E-state index contributed by atoms with van der Waals surface area (Å²) in [4.78, 5) is 21.5. The second kappa shape index (κ2) is 9.37. The van der Waals surface area contributed by atoms with Crippen LogP contribution in [0.1, 0.15) is 30.1 Å². The molecule has 1 saturated heterocycles. The molecule has 0 aliphatic carbocycles. The average molecular weight is 368 g/mol. The van der Waals surface area contributed by atoms with Gasteiger partial charge in [-0.2, -0.15) is 0 Å². The zero-order valence-corrected chi connectivity index (χ0v) is 15.9. The maximum Gasteiger partial charge on any atom is 0.164 e. The topological polar surface area (TPSA) is 71.7 Å². The summed E-state index contributed by atoms with van der Waals surface area (Å²) in [6.45, 7) is 7.18. The van der Waals surface area contributed by atoms with E-state index in [1.165, 1.54) is 0 Å². The highest BCUT2D eigenvalue weighted by molar-refractivity contribution is 5.97. The van der Waals surface area contributed by atoms with Gasteiger partial charge >= 0.3 is 0 Å². The molecule has 1 aliphatic heterocycles. The van der Waals surface area contributed by atoms with Crippen molar-refractivity contribution in [3.05, 3.63) is 48.2 Å². The standard InChI is InChI=1S/C21H28N4O2/c1-2-15-27-20-7-6-17(16-18(20)22)19(26)8-10-24-11-13-25(14-12-24)21-5-3-4-9-23-21/h3-7,9,16H,2,8,10-15,22H2,1H3. The van der Waals surface area contributed by atoms with E-state index in [4.69, 9.17) is 10.5 Å². The lowest BCUT2D eigenvalue weighted by atomic mass is 10.1. The number of ether oxygens (including phenoxy) is 1. The Hall–Kier alpha value is -2.60. The van der Waals surface area contributed by atoms with Gasteiger partial charge in [-0.25, -0.2) is 4.98 Å². The van der Waals surface area contributed by atoms with Crippen molar-refractivity contribution >= 4 is 17.3 Å². The van der Waals surface area contributed by atoms with Gasteiger partial charge in [0.05, 0.1) is 12.3 Å². The van der Waals surface area contributed by atoms with Crippen molar-refractivity contribution in [3.8, 4) is 5.75 Å². The molecule has 27 heavy (non-hydrogen) atoms. The monoisotopic (exact) mass is 368 g/mol. The fourth-order valence-corrected chi connectivity index (χ4v) is 3.21. The Balaban J connectivity index is 1.46. The quantitative estimate of drug-likeness (QED) is 0.571. The summed E-state index contributed by atoms with van der Waals surface area (Å²) in [6.07, 6.45) is 3.25. The van der Waals surface area contributed by atoms with Gasteiger partial charge in [-0.1, -0.05) is 13.0 Å². The molecular formula is C21H28N4O2. The van der Waals surface area contributed by atoms with E-state index < -0.39 is 0 Å². The number of nitrogens with two attached hydrogens (primary N) is 1. The third-order valence-electron chi connectivity index (χ3n) is 4.79. The molecule has 1 aromatic heterocycles. The van der Waals surface area contributed by atoms with Gasteiger partial charge in [-0.3, -0.25) is 9.69 Å². The Morgan fingerprint density at radius 1 is 1.19 bits per heavy atom. The third kappa shape index (κ3) is 5.20. The van der Waals surface area contributed by atoms with Crippen LogP contribution in [0.5, 0.6) is 5.75 Å². The molecule has 6 heteroatoms. The van der Waals surface area contributed by atoms with Crippen LogP contribution in [0.2, 0.25) is 0 Å². The van der Waals surface area contributed by atoms with Crippen LogP contribution in [0, 0.1) is 0 Å². The summed E-state index contributed by atoms with van der Waals surface area (Å²) in [6, 6.07) is 11.3. The van der Waals surface area contributed by atoms with Crippen molar-refractivity contribution in [2.45, 2.75) is 19.8 Å². The second-order valence-corrected chi connectivity index (χ2v) is 6.79. The highest BCUT2D eigenvalue weighted by atomic mass is 16.5. The molecule has 144 valence electrons. The summed E-state index contributed by atoms with van der Waals surface area (Å²) in [5.41, 5.74) is 7.19. The number of benzene rings is 1. The minimum atomic E-state index is 0.121. The van der Waals surface area contributed by atoms with Gasteiger partial charge in [-0.05, 0) is 36.8 Å². The summed E-state index contributed by atoms with van der Waals surface area (Å²) in [5, 5.41) is 0. The summed E-state index contributed by atoms with van der Waals surface area (Å²) in [7, 11) is 0. The normalized spacial score (nSPS) is 14.9. The predicted molar refractivity (Wildman–Crippen MR) is 108 cm³/mol. The van der Waals surface area contributed by atoms with E-state index in [2.05, 4.69) is 14.8 Å². The number of carbonyl (C=O) groups excluding carboxylic acids is 1. The van der Waals surface area contributed by atoms with Crippen LogP contribution in [0.15, 0.2) is 42.6 Å². The molecule has 0 unspecified atom stereocenters. The van der Waals surface area contributed by atoms with Crippen molar-refractivity contribution in [1.82, 2.24) is 9.88 Å². The van der Waals surface area contributed by atoms with Crippen molar-refractivity contribution in [2.24, 2.45) is 0 Å². The molecule has 6 nitrogen and oxygen atoms in total. The van der Waals surface area contributed by atoms with Gasteiger partial charge in [-0.15, -0.1) is 0 Å². The van der Waals surface area contributed by atoms with Crippen molar-refractivity contribution < 1.29 is 9.53 Å². The molecule has 0 amide bonds. The minimum Gasteiger partial charge on any atom is -0.491 e. The van der Waals surface area contributed by atoms with Crippen LogP contribution in [0.3, 0.4) is 0 Å².